The number of benzene rings is 1. The van der Waals surface area contributed by atoms with Gasteiger partial charge in [0.1, 0.15) is 6.07 Å². The van der Waals surface area contributed by atoms with E-state index in [4.69, 9.17) is 9.47 Å². The largest absolute Gasteiger partial charge is 0.379 e. The molecule has 0 amide bonds. The van der Waals surface area contributed by atoms with Gasteiger partial charge in [0.05, 0.1) is 36.7 Å². The number of morpholine rings is 2. The predicted molar refractivity (Wildman–Crippen MR) is 133 cm³/mol. The van der Waals surface area contributed by atoms with Crippen LogP contribution in [-0.2, 0) is 9.47 Å². The minimum atomic E-state index is 0.157. The predicted octanol–water partition coefficient (Wildman–Crippen LogP) is 3.15. The standard InChI is InChI=1S/C26H37N5O2/c1-4-9-28-26-21(3)25(6-5-22(26)16-27)31-17-20(2)33-24(19-31)18-29-10-7-23(8-11-29)30-12-14-32-15-13-30/h4-6,9,20,23-24H,1,7-8,10-15,17-19H2,2-3H3/t20-,24+/m1/s1. The highest BCUT2D eigenvalue weighted by Crippen LogP contribution is 2.34. The third-order valence-corrected chi connectivity index (χ3v) is 7.08. The fourth-order valence-corrected chi connectivity index (χ4v) is 5.46. The van der Waals surface area contributed by atoms with E-state index in [1.165, 1.54) is 12.8 Å². The second-order valence-corrected chi connectivity index (χ2v) is 9.39. The normalized spacial score (nSPS) is 25.9. The Morgan fingerprint density at radius 1 is 1.18 bits per heavy atom. The Labute approximate surface area is 198 Å². The fourth-order valence-electron chi connectivity index (χ4n) is 5.46. The van der Waals surface area contributed by atoms with Crippen molar-refractivity contribution < 1.29 is 9.47 Å². The van der Waals surface area contributed by atoms with Gasteiger partial charge in [-0.3, -0.25) is 9.89 Å². The summed E-state index contributed by atoms with van der Waals surface area (Å²) >= 11 is 0. The Balaban J connectivity index is 1.39. The summed E-state index contributed by atoms with van der Waals surface area (Å²) < 4.78 is 11.9. The van der Waals surface area contributed by atoms with E-state index in [2.05, 4.69) is 52.3 Å². The lowest BCUT2D eigenvalue weighted by atomic mass is 10.0. The Morgan fingerprint density at radius 3 is 2.64 bits per heavy atom. The van der Waals surface area contributed by atoms with Crippen LogP contribution in [0.4, 0.5) is 11.4 Å². The minimum absolute atomic E-state index is 0.157. The maximum atomic E-state index is 9.51. The van der Waals surface area contributed by atoms with Gasteiger partial charge in [-0.1, -0.05) is 12.7 Å². The molecule has 7 nitrogen and oxygen atoms in total. The van der Waals surface area contributed by atoms with Crippen molar-refractivity contribution in [2.24, 2.45) is 4.99 Å². The molecule has 2 atom stereocenters. The minimum Gasteiger partial charge on any atom is -0.379 e. The molecule has 0 spiro atoms. The number of ether oxygens (including phenoxy) is 2. The first-order valence-corrected chi connectivity index (χ1v) is 12.2. The lowest BCUT2D eigenvalue weighted by Gasteiger charge is -2.43. The molecule has 1 aromatic rings. The van der Waals surface area contributed by atoms with Crippen molar-refractivity contribution in [1.82, 2.24) is 9.80 Å². The molecule has 0 saturated carbocycles. The van der Waals surface area contributed by atoms with Crippen molar-refractivity contribution in [2.45, 2.75) is 44.9 Å². The van der Waals surface area contributed by atoms with Gasteiger partial charge in [0.15, 0.2) is 0 Å². The number of nitrogens with zero attached hydrogens (tertiary/aromatic N) is 5. The molecule has 4 rings (SSSR count). The Hall–Kier alpha value is -2.24. The SMILES string of the molecule is C=CC=Nc1c(C#N)ccc(N2C[C@H](CN3CCC(N4CCOCC4)CC3)O[C@H](C)C2)c1C. The van der Waals surface area contributed by atoms with E-state index in [-0.39, 0.29) is 12.2 Å². The van der Waals surface area contributed by atoms with Crippen LogP contribution >= 0.6 is 0 Å². The fraction of sp³-hybridized carbons (Fsp3) is 0.615. The molecule has 3 aliphatic rings. The molecular formula is C26H37N5O2. The first-order valence-electron chi connectivity index (χ1n) is 12.2. The molecule has 178 valence electrons. The quantitative estimate of drug-likeness (QED) is 0.619. The van der Waals surface area contributed by atoms with Crippen LogP contribution in [0.15, 0.2) is 29.8 Å². The van der Waals surface area contributed by atoms with Crippen LogP contribution in [0.3, 0.4) is 0 Å². The van der Waals surface area contributed by atoms with E-state index in [1.807, 2.05) is 6.07 Å². The van der Waals surface area contributed by atoms with Crippen LogP contribution in [0.1, 0.15) is 30.9 Å². The van der Waals surface area contributed by atoms with E-state index in [9.17, 15) is 5.26 Å². The zero-order valence-electron chi connectivity index (χ0n) is 20.1. The Kier molecular flexibility index (Phi) is 8.15. The second-order valence-electron chi connectivity index (χ2n) is 9.39. The average molecular weight is 452 g/mol. The maximum absolute atomic E-state index is 9.51. The van der Waals surface area contributed by atoms with Crippen molar-refractivity contribution in [1.29, 1.82) is 5.26 Å². The summed E-state index contributed by atoms with van der Waals surface area (Å²) in [4.78, 5) is 12.1. The summed E-state index contributed by atoms with van der Waals surface area (Å²) in [6.07, 6.45) is 6.07. The first-order chi connectivity index (χ1) is 16.1. The number of likely N-dealkylation sites (tertiary alicyclic amines) is 1. The smallest absolute Gasteiger partial charge is 0.101 e. The van der Waals surface area contributed by atoms with Crippen molar-refractivity contribution >= 4 is 17.6 Å². The van der Waals surface area contributed by atoms with E-state index >= 15 is 0 Å². The van der Waals surface area contributed by atoms with E-state index in [0.717, 1.165) is 76.0 Å². The van der Waals surface area contributed by atoms with Gasteiger partial charge in [-0.25, -0.2) is 0 Å². The zero-order valence-corrected chi connectivity index (χ0v) is 20.1. The van der Waals surface area contributed by atoms with Crippen molar-refractivity contribution in [3.8, 4) is 6.07 Å². The van der Waals surface area contributed by atoms with Gasteiger partial charge >= 0.3 is 0 Å². The third kappa shape index (κ3) is 5.82. The van der Waals surface area contributed by atoms with Crippen LogP contribution < -0.4 is 4.90 Å². The second kappa shape index (κ2) is 11.3. The molecule has 0 N–H and O–H groups in total. The highest BCUT2D eigenvalue weighted by atomic mass is 16.5. The number of piperidine rings is 1. The van der Waals surface area contributed by atoms with E-state index < -0.39 is 0 Å². The lowest BCUT2D eigenvalue weighted by molar-refractivity contribution is -0.0419. The summed E-state index contributed by atoms with van der Waals surface area (Å²) in [5.41, 5.74) is 3.49. The van der Waals surface area contributed by atoms with E-state index in [1.54, 1.807) is 12.3 Å². The molecule has 0 bridgehead atoms. The average Bonchev–Trinajstić information content (AvgIpc) is 2.83. The summed E-state index contributed by atoms with van der Waals surface area (Å²) in [6, 6.07) is 6.90. The first kappa shape index (κ1) is 23.9. The molecule has 1 aromatic carbocycles. The Bertz CT molecular complexity index is 881. The topological polar surface area (TPSA) is 64.3 Å². The van der Waals surface area contributed by atoms with Crippen LogP contribution in [0.2, 0.25) is 0 Å². The molecule has 7 heteroatoms. The number of aliphatic imine (C=N–C) groups is 1. The number of allylic oxidation sites excluding steroid dienone is 1. The van der Waals surface area contributed by atoms with Gasteiger partial charge < -0.3 is 19.3 Å². The van der Waals surface area contributed by atoms with Gasteiger partial charge in [-0.15, -0.1) is 0 Å². The van der Waals surface area contributed by atoms with Crippen LogP contribution in [0, 0.1) is 18.3 Å². The summed E-state index contributed by atoms with van der Waals surface area (Å²) in [7, 11) is 0. The molecule has 0 radical (unpaired) electrons. The van der Waals surface area contributed by atoms with Crippen LogP contribution in [-0.4, -0.2) is 93.3 Å². The van der Waals surface area contributed by atoms with Gasteiger partial charge in [0.2, 0.25) is 0 Å². The number of nitriles is 1. The number of anilines is 1. The Morgan fingerprint density at radius 2 is 1.94 bits per heavy atom. The molecule has 0 aliphatic carbocycles. The molecule has 0 aromatic heterocycles. The van der Waals surface area contributed by atoms with Gasteiger partial charge in [-0.2, -0.15) is 5.26 Å². The van der Waals surface area contributed by atoms with Crippen molar-refractivity contribution in [3.63, 3.8) is 0 Å². The number of hydrogen-bond donors (Lipinski definition) is 0. The molecule has 3 heterocycles. The van der Waals surface area contributed by atoms with Gasteiger partial charge in [0, 0.05) is 50.7 Å². The van der Waals surface area contributed by atoms with Crippen molar-refractivity contribution in [3.05, 3.63) is 35.9 Å². The molecule has 0 unspecified atom stereocenters. The summed E-state index contributed by atoms with van der Waals surface area (Å²) in [6.45, 7) is 16.7. The van der Waals surface area contributed by atoms with E-state index in [0.29, 0.717) is 11.6 Å². The van der Waals surface area contributed by atoms with Gasteiger partial charge in [0.25, 0.3) is 0 Å². The summed E-state index contributed by atoms with van der Waals surface area (Å²) in [5, 5.41) is 9.51. The monoisotopic (exact) mass is 451 g/mol. The van der Waals surface area contributed by atoms with Gasteiger partial charge in [-0.05, 0) is 57.5 Å². The maximum Gasteiger partial charge on any atom is 0.101 e. The summed E-state index contributed by atoms with van der Waals surface area (Å²) in [5.74, 6) is 0. The molecule has 3 saturated heterocycles. The zero-order chi connectivity index (χ0) is 23.2. The number of hydrogen-bond acceptors (Lipinski definition) is 7. The molecule has 3 fully saturated rings. The van der Waals surface area contributed by atoms with Crippen LogP contribution in [0.5, 0.6) is 0 Å². The molecular weight excluding hydrogens is 414 g/mol. The highest BCUT2D eigenvalue weighted by Gasteiger charge is 2.31. The number of rotatable bonds is 6. The highest BCUT2D eigenvalue weighted by molar-refractivity contribution is 5.79. The molecule has 33 heavy (non-hydrogen) atoms. The van der Waals surface area contributed by atoms with Crippen LogP contribution in [0.25, 0.3) is 0 Å². The van der Waals surface area contributed by atoms with Crippen molar-refractivity contribution in [2.75, 3.05) is 63.9 Å². The molecule has 3 aliphatic heterocycles. The lowest BCUT2D eigenvalue weighted by Crippen LogP contribution is -2.54. The third-order valence-electron chi connectivity index (χ3n) is 7.08.